The van der Waals surface area contributed by atoms with Gasteiger partial charge in [0.05, 0.1) is 25.9 Å². The summed E-state index contributed by atoms with van der Waals surface area (Å²) < 4.78 is 11.0. The molecule has 0 saturated heterocycles. The Balaban J connectivity index is 1.52. The van der Waals surface area contributed by atoms with Gasteiger partial charge in [0.1, 0.15) is 6.10 Å². The van der Waals surface area contributed by atoms with E-state index in [2.05, 4.69) is 0 Å². The van der Waals surface area contributed by atoms with Gasteiger partial charge in [-0.25, -0.2) is 0 Å². The second-order valence-corrected chi connectivity index (χ2v) is 5.18. The van der Waals surface area contributed by atoms with E-state index in [0.29, 0.717) is 25.7 Å². The van der Waals surface area contributed by atoms with Crippen LogP contribution in [0.15, 0.2) is 30.3 Å². The van der Waals surface area contributed by atoms with Gasteiger partial charge >= 0.3 is 0 Å². The second-order valence-electron chi connectivity index (χ2n) is 5.18. The number of aliphatic hydroxyl groups excluding tert-OH is 1. The fourth-order valence-electron chi connectivity index (χ4n) is 2.19. The van der Waals surface area contributed by atoms with Crippen molar-refractivity contribution in [1.29, 1.82) is 0 Å². The molecule has 1 aliphatic rings. The number of rotatable bonds is 8. The van der Waals surface area contributed by atoms with Crippen LogP contribution in [0.1, 0.15) is 18.4 Å². The minimum atomic E-state index is -0.555. The highest BCUT2D eigenvalue weighted by Crippen LogP contribution is 2.28. The summed E-state index contributed by atoms with van der Waals surface area (Å²) >= 11 is 0. The SMILES string of the molecule is NCC1CC(OCC(O)COCc2ccccc2)C1. The first-order chi connectivity index (χ1) is 9.28. The molecule has 0 bridgehead atoms. The fraction of sp³-hybridized carbons (Fsp3) is 0.600. The number of benzene rings is 1. The summed E-state index contributed by atoms with van der Waals surface area (Å²) in [7, 11) is 0. The lowest BCUT2D eigenvalue weighted by Crippen LogP contribution is -2.37. The standard InChI is InChI=1S/C15H23NO3/c16-8-13-6-15(7-13)19-11-14(17)10-18-9-12-4-2-1-3-5-12/h1-5,13-15,17H,6-11,16H2. The smallest absolute Gasteiger partial charge is 0.101 e. The largest absolute Gasteiger partial charge is 0.388 e. The fourth-order valence-corrected chi connectivity index (χ4v) is 2.19. The molecule has 0 radical (unpaired) electrons. The number of ether oxygens (including phenoxy) is 2. The molecule has 106 valence electrons. The van der Waals surface area contributed by atoms with Crippen molar-refractivity contribution in [3.05, 3.63) is 35.9 Å². The maximum absolute atomic E-state index is 9.74. The van der Waals surface area contributed by atoms with Crippen molar-refractivity contribution in [3.8, 4) is 0 Å². The lowest BCUT2D eigenvalue weighted by atomic mass is 9.82. The quantitative estimate of drug-likeness (QED) is 0.744. The Morgan fingerprint density at radius 3 is 2.63 bits per heavy atom. The monoisotopic (exact) mass is 265 g/mol. The Morgan fingerprint density at radius 1 is 1.21 bits per heavy atom. The molecule has 0 aromatic heterocycles. The third kappa shape index (κ3) is 4.91. The minimum absolute atomic E-state index is 0.275. The first-order valence-electron chi connectivity index (χ1n) is 6.89. The van der Waals surface area contributed by atoms with E-state index in [-0.39, 0.29) is 6.10 Å². The van der Waals surface area contributed by atoms with Crippen LogP contribution in [0.25, 0.3) is 0 Å². The van der Waals surface area contributed by atoms with E-state index in [4.69, 9.17) is 15.2 Å². The van der Waals surface area contributed by atoms with Crippen LogP contribution < -0.4 is 5.73 Å². The molecule has 19 heavy (non-hydrogen) atoms. The Labute approximate surface area is 114 Å². The highest BCUT2D eigenvalue weighted by molar-refractivity contribution is 5.13. The molecule has 4 heteroatoms. The molecule has 0 amide bonds. The van der Waals surface area contributed by atoms with Crippen molar-refractivity contribution in [2.45, 2.75) is 31.7 Å². The van der Waals surface area contributed by atoms with Crippen molar-refractivity contribution in [1.82, 2.24) is 0 Å². The molecule has 0 aliphatic heterocycles. The lowest BCUT2D eigenvalue weighted by molar-refractivity contribution is -0.0816. The van der Waals surface area contributed by atoms with Crippen LogP contribution in [-0.2, 0) is 16.1 Å². The molecule has 1 atom stereocenters. The van der Waals surface area contributed by atoms with Gasteiger partial charge in [-0.3, -0.25) is 0 Å². The average molecular weight is 265 g/mol. The number of aliphatic hydroxyl groups is 1. The molecule has 1 fully saturated rings. The summed E-state index contributed by atoms with van der Waals surface area (Å²) in [6.45, 7) is 1.91. The second kappa shape index (κ2) is 7.60. The molecule has 1 aromatic carbocycles. The van der Waals surface area contributed by atoms with E-state index in [0.717, 1.165) is 24.9 Å². The van der Waals surface area contributed by atoms with E-state index in [1.165, 1.54) is 0 Å². The van der Waals surface area contributed by atoms with Crippen molar-refractivity contribution in [2.75, 3.05) is 19.8 Å². The zero-order valence-corrected chi connectivity index (χ0v) is 11.2. The third-order valence-corrected chi connectivity index (χ3v) is 3.47. The Hall–Kier alpha value is -0.940. The average Bonchev–Trinajstić information content (AvgIpc) is 2.38. The van der Waals surface area contributed by atoms with Crippen molar-refractivity contribution in [2.24, 2.45) is 11.7 Å². The molecule has 0 spiro atoms. The molecule has 3 N–H and O–H groups in total. The molecule has 0 heterocycles. The highest BCUT2D eigenvalue weighted by atomic mass is 16.5. The summed E-state index contributed by atoms with van der Waals surface area (Å²) in [6, 6.07) is 9.93. The van der Waals surface area contributed by atoms with Crippen LogP contribution in [-0.4, -0.2) is 37.1 Å². The molecule has 4 nitrogen and oxygen atoms in total. The van der Waals surface area contributed by atoms with Crippen LogP contribution in [0.2, 0.25) is 0 Å². The Kier molecular flexibility index (Phi) is 5.79. The topological polar surface area (TPSA) is 64.7 Å². The summed E-state index contributed by atoms with van der Waals surface area (Å²) in [4.78, 5) is 0. The van der Waals surface area contributed by atoms with Crippen LogP contribution >= 0.6 is 0 Å². The molecule has 1 unspecified atom stereocenters. The van der Waals surface area contributed by atoms with Gasteiger partial charge in [0, 0.05) is 0 Å². The van der Waals surface area contributed by atoms with Gasteiger partial charge in [0.25, 0.3) is 0 Å². The molecular weight excluding hydrogens is 242 g/mol. The van der Waals surface area contributed by atoms with E-state index in [1.54, 1.807) is 0 Å². The van der Waals surface area contributed by atoms with Crippen LogP contribution in [0.3, 0.4) is 0 Å². The molecule has 1 aliphatic carbocycles. The number of hydrogen-bond donors (Lipinski definition) is 2. The van der Waals surface area contributed by atoms with Crippen LogP contribution in [0, 0.1) is 5.92 Å². The van der Waals surface area contributed by atoms with Crippen molar-refractivity contribution in [3.63, 3.8) is 0 Å². The summed E-state index contributed by atoms with van der Waals surface area (Å²) in [5, 5.41) is 9.74. The maximum atomic E-state index is 9.74. The Bertz CT molecular complexity index is 352. The molecular formula is C15H23NO3. The van der Waals surface area contributed by atoms with Gasteiger partial charge < -0.3 is 20.3 Å². The van der Waals surface area contributed by atoms with Gasteiger partial charge in [0.15, 0.2) is 0 Å². The third-order valence-electron chi connectivity index (χ3n) is 3.47. The van der Waals surface area contributed by atoms with E-state index in [1.807, 2.05) is 30.3 Å². The molecule has 1 saturated carbocycles. The van der Waals surface area contributed by atoms with Gasteiger partial charge in [-0.05, 0) is 30.9 Å². The zero-order chi connectivity index (χ0) is 13.5. The number of hydrogen-bond acceptors (Lipinski definition) is 4. The summed E-state index contributed by atoms with van der Waals surface area (Å²) in [6.07, 6.45) is 1.76. The predicted octanol–water partition coefficient (Wildman–Crippen LogP) is 1.32. The molecule has 2 rings (SSSR count). The van der Waals surface area contributed by atoms with Crippen molar-refractivity contribution >= 4 is 0 Å². The first-order valence-corrected chi connectivity index (χ1v) is 6.89. The lowest BCUT2D eigenvalue weighted by Gasteiger charge is -2.34. The van der Waals surface area contributed by atoms with Gasteiger partial charge in [-0.15, -0.1) is 0 Å². The summed E-state index contributed by atoms with van der Waals surface area (Å²) in [5.41, 5.74) is 6.66. The number of nitrogens with two attached hydrogens (primary N) is 1. The van der Waals surface area contributed by atoms with Crippen LogP contribution in [0.4, 0.5) is 0 Å². The maximum Gasteiger partial charge on any atom is 0.101 e. The van der Waals surface area contributed by atoms with E-state index < -0.39 is 6.10 Å². The zero-order valence-electron chi connectivity index (χ0n) is 11.2. The van der Waals surface area contributed by atoms with Crippen molar-refractivity contribution < 1.29 is 14.6 Å². The van der Waals surface area contributed by atoms with Gasteiger partial charge in [0.2, 0.25) is 0 Å². The van der Waals surface area contributed by atoms with E-state index >= 15 is 0 Å². The first kappa shape index (κ1) is 14.5. The van der Waals surface area contributed by atoms with Gasteiger partial charge in [-0.1, -0.05) is 30.3 Å². The van der Waals surface area contributed by atoms with E-state index in [9.17, 15) is 5.11 Å². The molecule has 1 aromatic rings. The van der Waals surface area contributed by atoms with Crippen LogP contribution in [0.5, 0.6) is 0 Å². The summed E-state index contributed by atoms with van der Waals surface area (Å²) in [5.74, 6) is 0.608. The van der Waals surface area contributed by atoms with Gasteiger partial charge in [-0.2, -0.15) is 0 Å². The predicted molar refractivity (Wildman–Crippen MR) is 73.6 cm³/mol. The normalized spacial score (nSPS) is 23.9. The highest BCUT2D eigenvalue weighted by Gasteiger charge is 2.28. The Morgan fingerprint density at radius 2 is 1.95 bits per heavy atom. The minimum Gasteiger partial charge on any atom is -0.388 e.